The second-order valence-electron chi connectivity index (χ2n) is 9.67. The van der Waals surface area contributed by atoms with Crippen molar-refractivity contribution in [3.05, 3.63) is 33.3 Å². The minimum atomic E-state index is -0.994. The number of rotatable bonds is 10. The molecular weight excluding hydrogens is 598 g/mol. The van der Waals surface area contributed by atoms with E-state index in [0.29, 0.717) is 10.5 Å². The number of fused-ring (bicyclic) bond motifs is 1. The number of carbonyl (C=O) groups is 5. The minimum Gasteiger partial charge on any atom is -0.458 e. The van der Waals surface area contributed by atoms with Crippen molar-refractivity contribution < 1.29 is 43.0 Å². The molecule has 4 heterocycles. The number of ether oxygens (including phenoxy) is 3. The van der Waals surface area contributed by atoms with Crippen LogP contribution in [-0.2, 0) is 43.0 Å². The fourth-order valence-corrected chi connectivity index (χ4v) is 6.85. The van der Waals surface area contributed by atoms with E-state index >= 15 is 0 Å². The predicted octanol–water partition coefficient (Wildman–Crippen LogP) is 0.994. The van der Waals surface area contributed by atoms with Gasteiger partial charge >= 0.3 is 17.9 Å². The highest BCUT2D eigenvalue weighted by Crippen LogP contribution is 2.44. The van der Waals surface area contributed by atoms with Gasteiger partial charge in [-0.2, -0.15) is 0 Å². The van der Waals surface area contributed by atoms with E-state index in [-0.39, 0.29) is 40.3 Å². The molecule has 0 spiro atoms. The van der Waals surface area contributed by atoms with Crippen LogP contribution < -0.4 is 11.1 Å². The lowest BCUT2D eigenvalue weighted by atomic mass is 9.98. The Hall–Kier alpha value is -3.57. The molecule has 1 aromatic rings. The van der Waals surface area contributed by atoms with Gasteiger partial charge in [0, 0.05) is 27.4 Å². The second kappa shape index (κ2) is 12.5. The van der Waals surface area contributed by atoms with Gasteiger partial charge in [-0.05, 0) is 26.8 Å². The summed E-state index contributed by atoms with van der Waals surface area (Å²) >= 11 is 3.61. The van der Waals surface area contributed by atoms with Crippen molar-refractivity contribution in [1.82, 2.24) is 15.2 Å². The normalized spacial score (nSPS) is 20.5. The van der Waals surface area contributed by atoms with Crippen molar-refractivity contribution in [3.8, 4) is 0 Å². The summed E-state index contributed by atoms with van der Waals surface area (Å²) in [6, 6.07) is -0.994. The van der Waals surface area contributed by atoms with Crippen LogP contribution in [0.1, 0.15) is 26.5 Å². The Morgan fingerprint density at radius 2 is 2.05 bits per heavy atom. The number of nitrogens with two attached hydrogens (primary N) is 1. The standard InChI is InChI=1S/C24H27N5O9S3/c1-24(2,3)22(34)38-10-37-21(33)16-13(39-7-11-5-6-36-20(11)32)9-40-19-15(18(31)29(16)19)27-17(30)14(28-35-4)12-8-41-23(25)26-12/h5,8,15,19H,6-7,9-10H2,1-4H3,(H2,25,26)(H,27,30)/b28-14-/t15-,19+/m1/s1. The zero-order valence-electron chi connectivity index (χ0n) is 22.5. The van der Waals surface area contributed by atoms with Crippen molar-refractivity contribution >= 4 is 75.4 Å². The van der Waals surface area contributed by atoms with E-state index in [1.54, 1.807) is 26.8 Å². The van der Waals surface area contributed by atoms with Gasteiger partial charge < -0.3 is 30.1 Å². The smallest absolute Gasteiger partial charge is 0.358 e. The molecule has 1 aromatic heterocycles. The summed E-state index contributed by atoms with van der Waals surface area (Å²) in [4.78, 5) is 74.0. The molecule has 0 saturated carbocycles. The predicted molar refractivity (Wildman–Crippen MR) is 150 cm³/mol. The van der Waals surface area contributed by atoms with Crippen LogP contribution >= 0.6 is 34.9 Å². The Labute approximate surface area is 247 Å². The molecule has 2 amide bonds. The minimum absolute atomic E-state index is 0.0499. The average molecular weight is 626 g/mol. The Balaban J connectivity index is 1.51. The number of oxime groups is 1. The van der Waals surface area contributed by atoms with Crippen molar-refractivity contribution in [1.29, 1.82) is 0 Å². The van der Waals surface area contributed by atoms with Crippen LogP contribution in [0.3, 0.4) is 0 Å². The first-order valence-corrected chi connectivity index (χ1v) is 15.0. The third-order valence-electron chi connectivity index (χ3n) is 5.78. The fourth-order valence-electron chi connectivity index (χ4n) is 3.69. The number of β-lactam (4-membered cyclic amide) rings is 1. The number of thioether (sulfide) groups is 2. The molecule has 0 unspecified atom stereocenters. The molecule has 2 atom stereocenters. The highest BCUT2D eigenvalue weighted by Gasteiger charge is 2.55. The lowest BCUT2D eigenvalue weighted by Gasteiger charge is -2.49. The van der Waals surface area contributed by atoms with E-state index in [1.807, 2.05) is 0 Å². The molecule has 0 aromatic carbocycles. The lowest BCUT2D eigenvalue weighted by Crippen LogP contribution is -2.71. The van der Waals surface area contributed by atoms with Crippen LogP contribution in [0.4, 0.5) is 5.13 Å². The van der Waals surface area contributed by atoms with Crippen molar-refractivity contribution in [2.75, 3.05) is 37.7 Å². The molecule has 0 aliphatic carbocycles. The third-order valence-corrected chi connectivity index (χ3v) is 9.05. The molecule has 220 valence electrons. The summed E-state index contributed by atoms with van der Waals surface area (Å²) < 4.78 is 15.2. The van der Waals surface area contributed by atoms with E-state index in [1.165, 1.54) is 40.9 Å². The number of nitrogens with zero attached hydrogens (tertiary/aromatic N) is 3. The summed E-state index contributed by atoms with van der Waals surface area (Å²) in [6.07, 6.45) is 1.65. The summed E-state index contributed by atoms with van der Waals surface area (Å²) in [6.45, 7) is 4.48. The zero-order chi connectivity index (χ0) is 29.9. The maximum atomic E-state index is 13.3. The van der Waals surface area contributed by atoms with Gasteiger partial charge in [0.25, 0.3) is 11.8 Å². The van der Waals surface area contributed by atoms with Crippen LogP contribution in [0.25, 0.3) is 0 Å². The fraction of sp³-hybridized carbons (Fsp3) is 0.458. The monoisotopic (exact) mass is 625 g/mol. The van der Waals surface area contributed by atoms with Crippen molar-refractivity contribution in [2.45, 2.75) is 32.2 Å². The first-order valence-electron chi connectivity index (χ1n) is 12.1. The molecule has 0 radical (unpaired) electrons. The number of aromatic nitrogens is 1. The molecule has 41 heavy (non-hydrogen) atoms. The molecule has 1 fully saturated rings. The number of nitrogen functional groups attached to an aromatic ring is 1. The van der Waals surface area contributed by atoms with Crippen molar-refractivity contribution in [3.63, 3.8) is 0 Å². The summed E-state index contributed by atoms with van der Waals surface area (Å²) in [5, 5.41) is 7.46. The highest BCUT2D eigenvalue weighted by atomic mass is 32.2. The SMILES string of the molecule is CO/N=C(\C(=O)N[C@@H]1C(=O)N2C(C(=O)OCOC(=O)C(C)(C)C)=C(SCC3=CCOC3=O)CS[C@@H]12)c1csc(N)n1. The molecule has 4 rings (SSSR count). The van der Waals surface area contributed by atoms with Gasteiger partial charge in [-0.1, -0.05) is 5.16 Å². The molecule has 3 aliphatic heterocycles. The summed E-state index contributed by atoms with van der Waals surface area (Å²) in [5.74, 6) is -2.70. The van der Waals surface area contributed by atoms with E-state index in [4.69, 9.17) is 24.8 Å². The molecule has 14 nitrogen and oxygen atoms in total. The molecule has 17 heteroatoms. The lowest BCUT2D eigenvalue weighted by molar-refractivity contribution is -0.173. The van der Waals surface area contributed by atoms with Gasteiger partial charge in [0.2, 0.25) is 6.79 Å². The Kier molecular flexibility index (Phi) is 9.28. The third kappa shape index (κ3) is 6.68. The molecular formula is C24H27N5O9S3. The summed E-state index contributed by atoms with van der Waals surface area (Å²) in [5.41, 5.74) is 5.26. The Morgan fingerprint density at radius 1 is 1.29 bits per heavy atom. The van der Waals surface area contributed by atoms with Gasteiger partial charge in [0.15, 0.2) is 10.8 Å². The second-order valence-corrected chi connectivity index (χ2v) is 12.7. The number of anilines is 1. The quantitative estimate of drug-likeness (QED) is 0.123. The molecule has 3 aliphatic rings. The van der Waals surface area contributed by atoms with E-state index < -0.39 is 53.3 Å². The number of nitrogens with one attached hydrogen (secondary N) is 1. The van der Waals surface area contributed by atoms with Crippen LogP contribution in [0.5, 0.6) is 0 Å². The molecule has 3 N–H and O–H groups in total. The number of carbonyl (C=O) groups excluding carboxylic acids is 5. The van der Waals surface area contributed by atoms with Gasteiger partial charge in [-0.3, -0.25) is 19.3 Å². The maximum Gasteiger partial charge on any atom is 0.358 e. The Morgan fingerprint density at radius 3 is 2.66 bits per heavy atom. The topological polar surface area (TPSA) is 189 Å². The van der Waals surface area contributed by atoms with Crippen LogP contribution in [0.15, 0.2) is 32.8 Å². The first-order chi connectivity index (χ1) is 19.4. The van der Waals surface area contributed by atoms with Gasteiger partial charge in [0.1, 0.15) is 36.5 Å². The molecule has 1 saturated heterocycles. The maximum absolute atomic E-state index is 13.3. The largest absolute Gasteiger partial charge is 0.458 e. The van der Waals surface area contributed by atoms with E-state index in [0.717, 1.165) is 11.3 Å². The number of amides is 2. The first kappa shape index (κ1) is 30.4. The number of esters is 3. The summed E-state index contributed by atoms with van der Waals surface area (Å²) in [7, 11) is 1.26. The van der Waals surface area contributed by atoms with E-state index in [9.17, 15) is 24.0 Å². The van der Waals surface area contributed by atoms with Gasteiger partial charge in [-0.25, -0.2) is 14.6 Å². The van der Waals surface area contributed by atoms with Crippen LogP contribution in [-0.4, -0.2) is 88.7 Å². The number of cyclic esters (lactones) is 1. The van der Waals surface area contributed by atoms with Crippen LogP contribution in [0, 0.1) is 5.41 Å². The van der Waals surface area contributed by atoms with Crippen molar-refractivity contribution in [2.24, 2.45) is 10.6 Å². The van der Waals surface area contributed by atoms with Crippen LogP contribution in [0.2, 0.25) is 0 Å². The molecule has 0 bridgehead atoms. The van der Waals surface area contributed by atoms with Gasteiger partial charge in [0.05, 0.1) is 5.41 Å². The number of hydrogen-bond acceptors (Lipinski definition) is 15. The Bertz CT molecular complexity index is 1360. The number of hydrogen-bond donors (Lipinski definition) is 2. The average Bonchev–Trinajstić information content (AvgIpc) is 3.54. The highest BCUT2D eigenvalue weighted by molar-refractivity contribution is 8.06. The number of thiazole rings is 1. The van der Waals surface area contributed by atoms with Gasteiger partial charge in [-0.15, -0.1) is 34.9 Å². The zero-order valence-corrected chi connectivity index (χ0v) is 24.9. The van der Waals surface area contributed by atoms with E-state index in [2.05, 4.69) is 15.5 Å².